The van der Waals surface area contributed by atoms with E-state index in [4.69, 9.17) is 4.74 Å². The van der Waals surface area contributed by atoms with E-state index in [1.54, 1.807) is 19.1 Å². The van der Waals surface area contributed by atoms with Crippen molar-refractivity contribution in [2.75, 3.05) is 18.5 Å². The normalized spacial score (nSPS) is 16.4. The number of benzene rings is 2. The van der Waals surface area contributed by atoms with Gasteiger partial charge >= 0.3 is 5.69 Å². The van der Waals surface area contributed by atoms with E-state index in [1.807, 2.05) is 36.1 Å². The lowest BCUT2D eigenvalue weighted by Gasteiger charge is -2.18. The fourth-order valence-corrected chi connectivity index (χ4v) is 3.17. The quantitative estimate of drug-likeness (QED) is 0.596. The number of hydrogen-bond donors (Lipinski definition) is 1. The molecule has 2 aromatic carbocycles. The van der Waals surface area contributed by atoms with Crippen LogP contribution in [0.25, 0.3) is 0 Å². The van der Waals surface area contributed by atoms with Gasteiger partial charge in [-0.3, -0.25) is 14.9 Å². The van der Waals surface area contributed by atoms with Gasteiger partial charge in [0.2, 0.25) is 5.91 Å². The predicted molar refractivity (Wildman–Crippen MR) is 103 cm³/mol. The van der Waals surface area contributed by atoms with Crippen molar-refractivity contribution in [3.8, 4) is 5.75 Å². The predicted octanol–water partition coefficient (Wildman–Crippen LogP) is 3.51. The summed E-state index contributed by atoms with van der Waals surface area (Å²) in [7, 11) is 0. The number of anilines is 1. The zero-order valence-corrected chi connectivity index (χ0v) is 15.5. The smallest absolute Gasteiger partial charge is 0.311 e. The summed E-state index contributed by atoms with van der Waals surface area (Å²) in [6, 6.07) is 12.4. The Balaban J connectivity index is 1.67. The molecule has 0 aromatic heterocycles. The van der Waals surface area contributed by atoms with E-state index in [0.717, 1.165) is 5.56 Å². The van der Waals surface area contributed by atoms with Crippen LogP contribution in [0, 0.1) is 17.0 Å². The Labute approximate surface area is 158 Å². The van der Waals surface area contributed by atoms with E-state index < -0.39 is 4.92 Å². The molecule has 3 rings (SSSR count). The van der Waals surface area contributed by atoms with Crippen molar-refractivity contribution in [2.24, 2.45) is 0 Å². The summed E-state index contributed by atoms with van der Waals surface area (Å²) in [6.07, 6.45) is 0.686. The molecule has 7 nitrogen and oxygen atoms in total. The molecule has 1 heterocycles. The van der Waals surface area contributed by atoms with E-state index in [1.165, 1.54) is 11.6 Å². The summed E-state index contributed by atoms with van der Waals surface area (Å²) in [5, 5.41) is 14.3. The number of carbonyl (C=O) groups excluding carboxylic acids is 1. The molecule has 27 heavy (non-hydrogen) atoms. The number of ether oxygens (including phenoxy) is 1. The summed E-state index contributed by atoms with van der Waals surface area (Å²) in [4.78, 5) is 25.1. The molecule has 1 fully saturated rings. The molecule has 0 saturated carbocycles. The second-order valence-corrected chi connectivity index (χ2v) is 6.60. The first-order chi connectivity index (χ1) is 13.0. The van der Waals surface area contributed by atoms with E-state index in [9.17, 15) is 14.9 Å². The van der Waals surface area contributed by atoms with Crippen molar-refractivity contribution in [1.82, 2.24) is 4.90 Å². The van der Waals surface area contributed by atoms with Crippen molar-refractivity contribution >= 4 is 17.3 Å². The van der Waals surface area contributed by atoms with Crippen LogP contribution in [0.2, 0.25) is 0 Å². The molecule has 0 radical (unpaired) electrons. The SMILES string of the molecule is CCOc1cc(NC2CCN(Cc3ccc(C)cc3)C2=O)ccc1[N+](=O)[O-]. The van der Waals surface area contributed by atoms with Crippen molar-refractivity contribution in [3.05, 3.63) is 63.7 Å². The highest BCUT2D eigenvalue weighted by molar-refractivity contribution is 5.87. The fraction of sp³-hybridized carbons (Fsp3) is 0.350. The lowest BCUT2D eigenvalue weighted by molar-refractivity contribution is -0.385. The van der Waals surface area contributed by atoms with Crippen molar-refractivity contribution in [1.29, 1.82) is 0 Å². The molecular formula is C20H23N3O4. The van der Waals surface area contributed by atoms with E-state index in [-0.39, 0.29) is 23.4 Å². The third kappa shape index (κ3) is 4.36. The Bertz CT molecular complexity index is 836. The van der Waals surface area contributed by atoms with E-state index in [2.05, 4.69) is 5.32 Å². The minimum absolute atomic E-state index is 0.0342. The Morgan fingerprint density at radius 2 is 2.00 bits per heavy atom. The highest BCUT2D eigenvalue weighted by atomic mass is 16.6. The number of rotatable bonds is 7. The minimum atomic E-state index is -0.473. The lowest BCUT2D eigenvalue weighted by Crippen LogP contribution is -2.33. The first kappa shape index (κ1) is 18.7. The van der Waals surface area contributed by atoms with Gasteiger partial charge in [-0.1, -0.05) is 29.8 Å². The molecule has 1 unspecified atom stereocenters. The Hall–Kier alpha value is -3.09. The van der Waals surface area contributed by atoms with Gasteiger partial charge < -0.3 is 15.0 Å². The number of aryl methyl sites for hydroxylation is 1. The van der Waals surface area contributed by atoms with Crippen LogP contribution in [-0.4, -0.2) is 34.9 Å². The van der Waals surface area contributed by atoms with Crippen molar-refractivity contribution < 1.29 is 14.5 Å². The number of nitro groups is 1. The van der Waals surface area contributed by atoms with Gasteiger partial charge in [0.15, 0.2) is 5.75 Å². The summed E-state index contributed by atoms with van der Waals surface area (Å²) < 4.78 is 5.36. The highest BCUT2D eigenvalue weighted by Gasteiger charge is 2.31. The van der Waals surface area contributed by atoms with Crippen LogP contribution < -0.4 is 10.1 Å². The minimum Gasteiger partial charge on any atom is -0.487 e. The maximum atomic E-state index is 12.7. The number of hydrogen-bond acceptors (Lipinski definition) is 5. The zero-order chi connectivity index (χ0) is 19.4. The fourth-order valence-electron chi connectivity index (χ4n) is 3.17. The van der Waals surface area contributed by atoms with Crippen LogP contribution in [0.1, 0.15) is 24.5 Å². The number of likely N-dealkylation sites (tertiary alicyclic amines) is 1. The molecule has 1 aliphatic rings. The van der Waals surface area contributed by atoms with Gasteiger partial charge in [-0.25, -0.2) is 0 Å². The van der Waals surface area contributed by atoms with Crippen LogP contribution >= 0.6 is 0 Å². The Morgan fingerprint density at radius 3 is 2.67 bits per heavy atom. The number of nitrogens with zero attached hydrogens (tertiary/aromatic N) is 2. The Kier molecular flexibility index (Phi) is 5.59. The summed E-state index contributed by atoms with van der Waals surface area (Å²) in [5.41, 5.74) is 2.85. The lowest BCUT2D eigenvalue weighted by atomic mass is 10.1. The molecule has 1 aliphatic heterocycles. The molecule has 0 bridgehead atoms. The molecule has 1 amide bonds. The van der Waals surface area contributed by atoms with Crippen molar-refractivity contribution in [2.45, 2.75) is 32.9 Å². The number of nitrogens with one attached hydrogen (secondary N) is 1. The molecule has 0 spiro atoms. The van der Waals surface area contributed by atoms with Crippen molar-refractivity contribution in [3.63, 3.8) is 0 Å². The van der Waals surface area contributed by atoms with Crippen LogP contribution in [-0.2, 0) is 11.3 Å². The topological polar surface area (TPSA) is 84.7 Å². The van der Waals surface area contributed by atoms with Gasteiger partial charge in [-0.05, 0) is 31.9 Å². The van der Waals surface area contributed by atoms with Gasteiger partial charge in [0.05, 0.1) is 11.5 Å². The van der Waals surface area contributed by atoms with Gasteiger partial charge in [-0.2, -0.15) is 0 Å². The maximum Gasteiger partial charge on any atom is 0.311 e. The summed E-state index contributed by atoms with van der Waals surface area (Å²) >= 11 is 0. The maximum absolute atomic E-state index is 12.7. The molecule has 1 saturated heterocycles. The molecular weight excluding hydrogens is 346 g/mol. The number of nitro benzene ring substituents is 1. The monoisotopic (exact) mass is 369 g/mol. The van der Waals surface area contributed by atoms with Gasteiger partial charge in [0, 0.05) is 30.9 Å². The molecule has 142 valence electrons. The highest BCUT2D eigenvalue weighted by Crippen LogP contribution is 2.31. The summed E-state index contributed by atoms with van der Waals surface area (Å²) in [5.74, 6) is 0.237. The molecule has 0 aliphatic carbocycles. The average Bonchev–Trinajstić information content (AvgIpc) is 2.97. The molecule has 1 N–H and O–H groups in total. The van der Waals surface area contributed by atoms with Crippen LogP contribution in [0.4, 0.5) is 11.4 Å². The molecule has 7 heteroatoms. The molecule has 1 atom stereocenters. The largest absolute Gasteiger partial charge is 0.487 e. The Morgan fingerprint density at radius 1 is 1.26 bits per heavy atom. The van der Waals surface area contributed by atoms with Gasteiger partial charge in [0.1, 0.15) is 6.04 Å². The second kappa shape index (κ2) is 8.07. The third-order valence-electron chi connectivity index (χ3n) is 4.59. The van der Waals surface area contributed by atoms with Crippen LogP contribution in [0.5, 0.6) is 5.75 Å². The number of carbonyl (C=O) groups is 1. The zero-order valence-electron chi connectivity index (χ0n) is 15.5. The standard InChI is InChI=1S/C20H23N3O4/c1-3-27-19-12-16(8-9-18(19)23(25)26)21-17-10-11-22(20(17)24)13-15-6-4-14(2)5-7-15/h4-9,12,17,21H,3,10-11,13H2,1-2H3. The van der Waals surface area contributed by atoms with E-state index in [0.29, 0.717) is 31.8 Å². The third-order valence-corrected chi connectivity index (χ3v) is 4.59. The first-order valence-corrected chi connectivity index (χ1v) is 9.00. The van der Waals surface area contributed by atoms with Gasteiger partial charge in [0.25, 0.3) is 0 Å². The number of amides is 1. The summed E-state index contributed by atoms with van der Waals surface area (Å²) in [6.45, 7) is 5.40. The first-order valence-electron chi connectivity index (χ1n) is 9.00. The van der Waals surface area contributed by atoms with Crippen LogP contribution in [0.3, 0.4) is 0 Å². The average molecular weight is 369 g/mol. The van der Waals surface area contributed by atoms with E-state index >= 15 is 0 Å². The van der Waals surface area contributed by atoms with Crippen LogP contribution in [0.15, 0.2) is 42.5 Å². The molecule has 2 aromatic rings. The van der Waals surface area contributed by atoms with Gasteiger partial charge in [-0.15, -0.1) is 0 Å². The second-order valence-electron chi connectivity index (χ2n) is 6.60.